The predicted octanol–water partition coefficient (Wildman–Crippen LogP) is 2.01. The van der Waals surface area contributed by atoms with Crippen LogP contribution in [0.15, 0.2) is 35.3 Å². The molecule has 2 aromatic rings. The number of carbonyl (C=O) groups excluding carboxylic acids is 1. The minimum Gasteiger partial charge on any atom is -0.340 e. The standard InChI is InChI=1S/C13H13N3OS/c1-16-10-5-3-2-4-9(10)8-11(16)12(17)15-13-14-6-7-18-13/h2-5,8H,6-7H2,1H3,(H,14,15,17). The summed E-state index contributed by atoms with van der Waals surface area (Å²) in [5, 5.41) is 4.65. The van der Waals surface area contributed by atoms with Crippen LogP contribution in [0.2, 0.25) is 0 Å². The van der Waals surface area contributed by atoms with Crippen molar-refractivity contribution in [2.45, 2.75) is 0 Å². The van der Waals surface area contributed by atoms with E-state index in [1.54, 1.807) is 11.8 Å². The SMILES string of the molecule is Cn1c(C(=O)NC2=NCCS2)cc2ccccc21. The van der Waals surface area contributed by atoms with Gasteiger partial charge in [0.25, 0.3) is 5.91 Å². The highest BCUT2D eigenvalue weighted by Crippen LogP contribution is 2.18. The first-order chi connectivity index (χ1) is 8.75. The third kappa shape index (κ3) is 1.90. The molecule has 0 radical (unpaired) electrons. The molecule has 0 bridgehead atoms. The lowest BCUT2D eigenvalue weighted by molar-refractivity contribution is 0.0970. The number of hydrogen-bond acceptors (Lipinski definition) is 3. The minimum absolute atomic E-state index is 0.0955. The second-order valence-corrected chi connectivity index (χ2v) is 5.22. The van der Waals surface area contributed by atoms with Gasteiger partial charge in [-0.3, -0.25) is 9.79 Å². The van der Waals surface area contributed by atoms with Crippen molar-refractivity contribution in [3.05, 3.63) is 36.0 Å². The van der Waals surface area contributed by atoms with Crippen LogP contribution in [-0.2, 0) is 7.05 Å². The Morgan fingerprint density at radius 3 is 3.00 bits per heavy atom. The van der Waals surface area contributed by atoms with E-state index in [9.17, 15) is 4.79 Å². The number of benzene rings is 1. The first kappa shape index (κ1) is 11.3. The molecule has 1 aliphatic rings. The number of nitrogens with one attached hydrogen (secondary N) is 1. The summed E-state index contributed by atoms with van der Waals surface area (Å²) in [5.74, 6) is 0.854. The molecule has 0 aliphatic carbocycles. The number of nitrogens with zero attached hydrogens (tertiary/aromatic N) is 2. The van der Waals surface area contributed by atoms with E-state index < -0.39 is 0 Å². The zero-order chi connectivity index (χ0) is 12.5. The number of carbonyl (C=O) groups is 1. The third-order valence-electron chi connectivity index (χ3n) is 2.99. The normalized spacial score (nSPS) is 14.8. The van der Waals surface area contributed by atoms with E-state index in [0.29, 0.717) is 5.69 Å². The number of aliphatic imine (C=N–C) groups is 1. The summed E-state index contributed by atoms with van der Waals surface area (Å²) in [5.41, 5.74) is 1.72. The molecule has 92 valence electrons. The van der Waals surface area contributed by atoms with Gasteiger partial charge in [0.05, 0.1) is 6.54 Å². The Morgan fingerprint density at radius 1 is 1.44 bits per heavy atom. The van der Waals surface area contributed by atoms with E-state index in [1.165, 1.54) is 0 Å². The number of thioether (sulfide) groups is 1. The van der Waals surface area contributed by atoms with Crippen molar-refractivity contribution in [3.8, 4) is 0 Å². The summed E-state index contributed by atoms with van der Waals surface area (Å²) < 4.78 is 1.91. The average Bonchev–Trinajstić information content (AvgIpc) is 2.98. The van der Waals surface area contributed by atoms with E-state index in [-0.39, 0.29) is 5.91 Å². The molecule has 0 atom stereocenters. The van der Waals surface area contributed by atoms with Crippen molar-refractivity contribution in [1.29, 1.82) is 0 Å². The lowest BCUT2D eigenvalue weighted by Crippen LogP contribution is -2.28. The zero-order valence-corrected chi connectivity index (χ0v) is 10.8. The van der Waals surface area contributed by atoms with Gasteiger partial charge in [0.15, 0.2) is 5.17 Å². The highest BCUT2D eigenvalue weighted by atomic mass is 32.2. The van der Waals surface area contributed by atoms with E-state index in [4.69, 9.17) is 0 Å². The number of aromatic nitrogens is 1. The van der Waals surface area contributed by atoms with Gasteiger partial charge < -0.3 is 9.88 Å². The summed E-state index contributed by atoms with van der Waals surface area (Å²) in [6.45, 7) is 0.787. The summed E-state index contributed by atoms with van der Waals surface area (Å²) in [4.78, 5) is 16.4. The third-order valence-corrected chi connectivity index (χ3v) is 3.88. The lowest BCUT2D eigenvalue weighted by atomic mass is 10.2. The van der Waals surface area contributed by atoms with Crippen molar-refractivity contribution in [3.63, 3.8) is 0 Å². The van der Waals surface area contributed by atoms with Gasteiger partial charge in [-0.15, -0.1) is 0 Å². The zero-order valence-electron chi connectivity index (χ0n) is 10.0. The van der Waals surface area contributed by atoms with Crippen molar-refractivity contribution < 1.29 is 4.79 Å². The smallest absolute Gasteiger partial charge is 0.273 e. The molecule has 5 heteroatoms. The first-order valence-electron chi connectivity index (χ1n) is 5.79. The monoisotopic (exact) mass is 259 g/mol. The summed E-state index contributed by atoms with van der Waals surface area (Å²) in [6, 6.07) is 9.87. The molecule has 1 aliphatic heterocycles. The number of fused-ring (bicyclic) bond motifs is 1. The van der Waals surface area contributed by atoms with Gasteiger partial charge in [0.1, 0.15) is 5.69 Å². The van der Waals surface area contributed by atoms with Gasteiger partial charge in [-0.25, -0.2) is 0 Å². The van der Waals surface area contributed by atoms with Crippen LogP contribution >= 0.6 is 11.8 Å². The summed E-state index contributed by atoms with van der Waals surface area (Å²) in [6.07, 6.45) is 0. The van der Waals surface area contributed by atoms with Crippen LogP contribution in [0.3, 0.4) is 0 Å². The second kappa shape index (κ2) is 4.49. The fraction of sp³-hybridized carbons (Fsp3) is 0.231. The van der Waals surface area contributed by atoms with Crippen LogP contribution in [0, 0.1) is 0 Å². The molecule has 0 spiro atoms. The average molecular weight is 259 g/mol. The van der Waals surface area contributed by atoms with Gasteiger partial charge in [0.2, 0.25) is 0 Å². The molecule has 1 N–H and O–H groups in total. The quantitative estimate of drug-likeness (QED) is 0.851. The molecule has 1 aromatic heterocycles. The topological polar surface area (TPSA) is 46.4 Å². The molecule has 1 amide bonds. The van der Waals surface area contributed by atoms with E-state index in [0.717, 1.165) is 28.4 Å². The number of aryl methyl sites for hydroxylation is 1. The Kier molecular flexibility index (Phi) is 2.83. The molecule has 0 saturated carbocycles. The van der Waals surface area contributed by atoms with Crippen LogP contribution in [0.5, 0.6) is 0 Å². The van der Waals surface area contributed by atoms with Gasteiger partial charge in [0, 0.05) is 23.7 Å². The van der Waals surface area contributed by atoms with Crippen LogP contribution in [0.1, 0.15) is 10.5 Å². The fourth-order valence-electron chi connectivity index (χ4n) is 2.08. The summed E-state index contributed by atoms with van der Waals surface area (Å²) in [7, 11) is 1.90. The highest BCUT2D eigenvalue weighted by molar-refractivity contribution is 8.14. The molecule has 2 heterocycles. The number of amides is 1. The van der Waals surface area contributed by atoms with E-state index >= 15 is 0 Å². The number of para-hydroxylation sites is 1. The summed E-state index contributed by atoms with van der Waals surface area (Å²) >= 11 is 1.59. The molecule has 0 saturated heterocycles. The Balaban J connectivity index is 1.93. The van der Waals surface area contributed by atoms with Crippen LogP contribution < -0.4 is 5.32 Å². The van der Waals surface area contributed by atoms with Crippen molar-refractivity contribution in [2.24, 2.45) is 12.0 Å². The van der Waals surface area contributed by atoms with Crippen LogP contribution in [0.25, 0.3) is 10.9 Å². The van der Waals surface area contributed by atoms with Crippen molar-refractivity contribution in [2.75, 3.05) is 12.3 Å². The van der Waals surface area contributed by atoms with E-state index in [2.05, 4.69) is 10.3 Å². The molecule has 0 fully saturated rings. The second-order valence-electron chi connectivity index (χ2n) is 4.14. The Morgan fingerprint density at radius 2 is 2.28 bits per heavy atom. The predicted molar refractivity (Wildman–Crippen MR) is 75.1 cm³/mol. The molecular weight excluding hydrogens is 246 g/mol. The Labute approximate surface area is 109 Å². The molecule has 4 nitrogen and oxygen atoms in total. The van der Waals surface area contributed by atoms with Gasteiger partial charge in [-0.2, -0.15) is 0 Å². The largest absolute Gasteiger partial charge is 0.340 e. The maximum absolute atomic E-state index is 12.2. The highest BCUT2D eigenvalue weighted by Gasteiger charge is 2.16. The number of hydrogen-bond donors (Lipinski definition) is 1. The van der Waals surface area contributed by atoms with Crippen LogP contribution in [-0.4, -0.2) is 27.9 Å². The molecule has 1 aromatic carbocycles. The Hall–Kier alpha value is -1.75. The number of amidine groups is 1. The van der Waals surface area contributed by atoms with Gasteiger partial charge >= 0.3 is 0 Å². The van der Waals surface area contributed by atoms with Crippen LogP contribution in [0.4, 0.5) is 0 Å². The molecule has 0 unspecified atom stereocenters. The molecule has 18 heavy (non-hydrogen) atoms. The minimum atomic E-state index is -0.0955. The van der Waals surface area contributed by atoms with Crippen molar-refractivity contribution in [1.82, 2.24) is 9.88 Å². The first-order valence-corrected chi connectivity index (χ1v) is 6.77. The van der Waals surface area contributed by atoms with Gasteiger partial charge in [-0.1, -0.05) is 30.0 Å². The van der Waals surface area contributed by atoms with Crippen molar-refractivity contribution >= 4 is 33.7 Å². The van der Waals surface area contributed by atoms with Gasteiger partial charge in [-0.05, 0) is 12.1 Å². The maximum Gasteiger partial charge on any atom is 0.273 e. The fourth-order valence-corrected chi connectivity index (χ4v) is 2.80. The van der Waals surface area contributed by atoms with E-state index in [1.807, 2.05) is 41.9 Å². The Bertz CT molecular complexity index is 645. The molecular formula is C13H13N3OS. The maximum atomic E-state index is 12.2. The lowest BCUT2D eigenvalue weighted by Gasteiger charge is -2.05. The number of rotatable bonds is 1. The molecule has 3 rings (SSSR count).